The maximum Gasteiger partial charge on any atom is 0.258 e. The standard InChI is InChI=1S/C31H33N3O3/c1-36-29-14-13-26(18-30(29)37-2)31(35)34(21-28-10-5-15-33(28)20-22-11-12-22)27-9-4-8-25(17-27)24-7-3-6-23(16-24)19-32/h3-4,6-9,13-14,16-18,22,28H,5,10-12,15,20-21H2,1-2H3. The van der Waals surface area contributed by atoms with Crippen LogP contribution < -0.4 is 14.4 Å². The van der Waals surface area contributed by atoms with Crippen molar-refractivity contribution in [3.63, 3.8) is 0 Å². The predicted octanol–water partition coefficient (Wildman–Crippen LogP) is 5.76. The minimum atomic E-state index is -0.0675. The molecule has 1 aliphatic carbocycles. The average molecular weight is 496 g/mol. The van der Waals surface area contributed by atoms with Crippen molar-refractivity contribution in [1.29, 1.82) is 5.26 Å². The lowest BCUT2D eigenvalue weighted by Gasteiger charge is -2.31. The number of ether oxygens (including phenoxy) is 2. The molecule has 0 radical (unpaired) electrons. The van der Waals surface area contributed by atoms with Crippen LogP contribution >= 0.6 is 0 Å². The molecule has 1 aliphatic heterocycles. The molecule has 190 valence electrons. The monoisotopic (exact) mass is 495 g/mol. The van der Waals surface area contributed by atoms with Gasteiger partial charge in [0.1, 0.15) is 0 Å². The number of hydrogen-bond donors (Lipinski definition) is 0. The van der Waals surface area contributed by atoms with Crippen LogP contribution in [0.25, 0.3) is 11.1 Å². The quantitative estimate of drug-likeness (QED) is 0.377. The van der Waals surface area contributed by atoms with Crippen molar-refractivity contribution in [2.24, 2.45) is 5.92 Å². The first-order valence-electron chi connectivity index (χ1n) is 13.0. The Morgan fingerprint density at radius 1 is 0.973 bits per heavy atom. The van der Waals surface area contributed by atoms with Gasteiger partial charge < -0.3 is 14.4 Å². The van der Waals surface area contributed by atoms with Crippen LogP contribution in [0.5, 0.6) is 11.5 Å². The molecular weight excluding hydrogens is 462 g/mol. The summed E-state index contributed by atoms with van der Waals surface area (Å²) in [6, 6.07) is 23.5. The van der Waals surface area contributed by atoms with E-state index in [1.54, 1.807) is 38.5 Å². The van der Waals surface area contributed by atoms with E-state index in [9.17, 15) is 10.1 Å². The van der Waals surface area contributed by atoms with Gasteiger partial charge in [0, 0.05) is 30.4 Å². The Bertz CT molecular complexity index is 1310. The lowest BCUT2D eigenvalue weighted by atomic mass is 10.0. The Labute approximate surface area is 219 Å². The fourth-order valence-corrected chi connectivity index (χ4v) is 5.24. The van der Waals surface area contributed by atoms with Crippen molar-refractivity contribution in [1.82, 2.24) is 4.90 Å². The molecule has 0 spiro atoms. The van der Waals surface area contributed by atoms with Gasteiger partial charge in [-0.15, -0.1) is 0 Å². The zero-order valence-corrected chi connectivity index (χ0v) is 21.5. The Kier molecular flexibility index (Phi) is 7.43. The number of rotatable bonds is 9. The summed E-state index contributed by atoms with van der Waals surface area (Å²) in [5.74, 6) is 1.87. The molecule has 3 aromatic carbocycles. The van der Waals surface area contributed by atoms with E-state index in [-0.39, 0.29) is 5.91 Å². The molecule has 0 aromatic heterocycles. The highest BCUT2D eigenvalue weighted by atomic mass is 16.5. The molecule has 2 fully saturated rings. The summed E-state index contributed by atoms with van der Waals surface area (Å²) in [7, 11) is 3.17. The molecule has 6 nitrogen and oxygen atoms in total. The Morgan fingerprint density at radius 3 is 2.46 bits per heavy atom. The number of methoxy groups -OCH3 is 2. The van der Waals surface area contributed by atoms with Gasteiger partial charge in [0.15, 0.2) is 11.5 Å². The van der Waals surface area contributed by atoms with Crippen LogP contribution in [0.3, 0.4) is 0 Å². The summed E-state index contributed by atoms with van der Waals surface area (Å²) in [6.07, 6.45) is 4.89. The number of hydrogen-bond acceptors (Lipinski definition) is 5. The Hall–Kier alpha value is -3.82. The van der Waals surface area contributed by atoms with Gasteiger partial charge in [-0.3, -0.25) is 9.69 Å². The van der Waals surface area contributed by atoms with Crippen LogP contribution in [0.15, 0.2) is 66.7 Å². The van der Waals surface area contributed by atoms with Gasteiger partial charge in [0.2, 0.25) is 0 Å². The van der Waals surface area contributed by atoms with E-state index in [0.29, 0.717) is 35.2 Å². The second-order valence-corrected chi connectivity index (χ2v) is 9.96. The van der Waals surface area contributed by atoms with Crippen LogP contribution in [0.2, 0.25) is 0 Å². The van der Waals surface area contributed by atoms with Crippen molar-refractivity contribution in [2.45, 2.75) is 31.7 Å². The van der Waals surface area contributed by atoms with Crippen LogP contribution in [-0.4, -0.2) is 50.7 Å². The van der Waals surface area contributed by atoms with Gasteiger partial charge in [0.25, 0.3) is 5.91 Å². The molecule has 1 heterocycles. The largest absolute Gasteiger partial charge is 0.493 e. The summed E-state index contributed by atoms with van der Waals surface area (Å²) < 4.78 is 10.9. The average Bonchev–Trinajstić information content (AvgIpc) is 3.67. The number of amides is 1. The molecule has 6 heteroatoms. The van der Waals surface area contributed by atoms with Gasteiger partial charge >= 0.3 is 0 Å². The number of nitrogens with zero attached hydrogens (tertiary/aromatic N) is 3. The number of benzene rings is 3. The van der Waals surface area contributed by atoms with Crippen LogP contribution in [0, 0.1) is 17.2 Å². The van der Waals surface area contributed by atoms with Gasteiger partial charge in [-0.2, -0.15) is 5.26 Å². The van der Waals surface area contributed by atoms with Gasteiger partial charge in [-0.05, 0) is 91.7 Å². The van der Waals surface area contributed by atoms with Crippen LogP contribution in [0.1, 0.15) is 41.6 Å². The van der Waals surface area contributed by atoms with Crippen molar-refractivity contribution < 1.29 is 14.3 Å². The van der Waals surface area contributed by atoms with Crippen molar-refractivity contribution in [2.75, 3.05) is 38.8 Å². The summed E-state index contributed by atoms with van der Waals surface area (Å²) >= 11 is 0. The zero-order valence-electron chi connectivity index (χ0n) is 21.5. The van der Waals surface area contributed by atoms with E-state index in [1.165, 1.54) is 12.8 Å². The third kappa shape index (κ3) is 5.63. The maximum absolute atomic E-state index is 14.1. The van der Waals surface area contributed by atoms with Crippen LogP contribution in [-0.2, 0) is 0 Å². The number of nitriles is 1. The van der Waals surface area contributed by atoms with Crippen molar-refractivity contribution >= 4 is 11.6 Å². The minimum absolute atomic E-state index is 0.0675. The number of carbonyl (C=O) groups excluding carboxylic acids is 1. The first-order chi connectivity index (χ1) is 18.1. The zero-order chi connectivity index (χ0) is 25.8. The van der Waals surface area contributed by atoms with E-state index in [4.69, 9.17) is 9.47 Å². The second-order valence-electron chi connectivity index (χ2n) is 9.96. The molecule has 37 heavy (non-hydrogen) atoms. The lowest BCUT2D eigenvalue weighted by molar-refractivity contribution is 0.0977. The fourth-order valence-electron chi connectivity index (χ4n) is 5.24. The summed E-state index contributed by atoms with van der Waals surface area (Å²) in [6.45, 7) is 2.85. The molecule has 1 unspecified atom stereocenters. The number of anilines is 1. The molecular formula is C31H33N3O3. The van der Waals surface area contributed by atoms with E-state index < -0.39 is 0 Å². The van der Waals surface area contributed by atoms with Crippen LogP contribution in [0.4, 0.5) is 5.69 Å². The summed E-state index contributed by atoms with van der Waals surface area (Å²) in [4.78, 5) is 18.5. The van der Waals surface area contributed by atoms with Gasteiger partial charge in [0.05, 0.1) is 25.9 Å². The predicted molar refractivity (Wildman–Crippen MR) is 145 cm³/mol. The van der Waals surface area contributed by atoms with E-state index >= 15 is 0 Å². The topological polar surface area (TPSA) is 65.8 Å². The highest BCUT2D eigenvalue weighted by molar-refractivity contribution is 6.06. The third-order valence-corrected chi connectivity index (χ3v) is 7.44. The molecule has 1 saturated heterocycles. The highest BCUT2D eigenvalue weighted by Crippen LogP contribution is 2.34. The normalized spacial score (nSPS) is 17.3. The Morgan fingerprint density at radius 2 is 1.73 bits per heavy atom. The summed E-state index contributed by atoms with van der Waals surface area (Å²) in [5.41, 5.74) is 3.94. The van der Waals surface area contributed by atoms with Gasteiger partial charge in [-0.1, -0.05) is 24.3 Å². The van der Waals surface area contributed by atoms with E-state index in [1.807, 2.05) is 41.3 Å². The summed E-state index contributed by atoms with van der Waals surface area (Å²) in [5, 5.41) is 9.35. The molecule has 0 bridgehead atoms. The fraction of sp³-hybridized carbons (Fsp3) is 0.355. The minimum Gasteiger partial charge on any atom is -0.493 e. The molecule has 1 amide bonds. The second kappa shape index (κ2) is 11.1. The first-order valence-corrected chi connectivity index (χ1v) is 13.0. The highest BCUT2D eigenvalue weighted by Gasteiger charge is 2.33. The molecule has 0 N–H and O–H groups in total. The Balaban J connectivity index is 1.50. The molecule has 3 aromatic rings. The molecule has 1 saturated carbocycles. The smallest absolute Gasteiger partial charge is 0.258 e. The molecule has 5 rings (SSSR count). The van der Waals surface area contributed by atoms with Crippen molar-refractivity contribution in [3.05, 3.63) is 77.9 Å². The first kappa shape index (κ1) is 24.9. The SMILES string of the molecule is COc1ccc(C(=O)N(CC2CCCN2CC2CC2)c2cccc(-c3cccc(C#N)c3)c2)cc1OC. The lowest BCUT2D eigenvalue weighted by Crippen LogP contribution is -2.44. The van der Waals surface area contributed by atoms with E-state index in [0.717, 1.165) is 48.7 Å². The molecule has 1 atom stereocenters. The number of carbonyl (C=O) groups is 1. The van der Waals surface area contributed by atoms with Gasteiger partial charge in [-0.25, -0.2) is 0 Å². The maximum atomic E-state index is 14.1. The molecule has 2 aliphatic rings. The number of likely N-dealkylation sites (tertiary alicyclic amines) is 1. The van der Waals surface area contributed by atoms with Crippen molar-refractivity contribution in [3.8, 4) is 28.7 Å². The van der Waals surface area contributed by atoms with E-state index in [2.05, 4.69) is 17.0 Å². The third-order valence-electron chi connectivity index (χ3n) is 7.44.